The molecule has 0 aliphatic carbocycles. The summed E-state index contributed by atoms with van der Waals surface area (Å²) in [7, 11) is 0. The molecule has 1 saturated heterocycles. The third-order valence-electron chi connectivity index (χ3n) is 4.38. The molecule has 0 N–H and O–H groups in total. The van der Waals surface area contributed by atoms with Crippen LogP contribution < -0.4 is 0 Å². The number of hydrogen-bond acceptors (Lipinski definition) is 10. The molecular weight excluding hydrogens is 519 g/mol. The van der Waals surface area contributed by atoms with Gasteiger partial charge >= 0.3 is 203 Å². The summed E-state index contributed by atoms with van der Waals surface area (Å²) < 4.78 is 28.2. The molecule has 0 saturated carbocycles. The number of carbonyl (C=O) groups is 4. The quantitative estimate of drug-likeness (QED) is 0.185. The maximum absolute atomic E-state index is 11.8. The van der Waals surface area contributed by atoms with Crippen molar-refractivity contribution in [3.05, 3.63) is 35.9 Å². The van der Waals surface area contributed by atoms with E-state index in [4.69, 9.17) is 23.7 Å². The minimum absolute atomic E-state index is 0.207. The van der Waals surface area contributed by atoms with Crippen LogP contribution in [0, 0.1) is 0 Å². The van der Waals surface area contributed by atoms with Crippen LogP contribution in [0.1, 0.15) is 33.3 Å². The molecule has 1 aliphatic rings. The van der Waals surface area contributed by atoms with E-state index in [0.29, 0.717) is 0 Å². The Morgan fingerprint density at radius 2 is 1.42 bits per heavy atom. The van der Waals surface area contributed by atoms with Crippen LogP contribution in [0.15, 0.2) is 30.3 Å². The van der Waals surface area contributed by atoms with Gasteiger partial charge in [0.1, 0.15) is 0 Å². The van der Waals surface area contributed by atoms with Gasteiger partial charge in [-0.05, 0) is 0 Å². The number of esters is 4. The number of ether oxygens (including phenoxy) is 5. The number of rotatable bonds is 10. The molecule has 182 valence electrons. The maximum atomic E-state index is 11.8. The monoisotopic (exact) mass is 548 g/mol. The number of thioether (sulfide) groups is 1. The van der Waals surface area contributed by atoms with Gasteiger partial charge in [0.2, 0.25) is 0 Å². The summed E-state index contributed by atoms with van der Waals surface area (Å²) in [5.74, 6) is -1.59. The zero-order valence-corrected chi connectivity index (χ0v) is 21.4. The molecule has 1 fully saturated rings. The van der Waals surface area contributed by atoms with Crippen molar-refractivity contribution in [2.45, 2.75) is 62.9 Å². The number of benzene rings is 1. The van der Waals surface area contributed by atoms with E-state index >= 15 is 0 Å². The van der Waals surface area contributed by atoms with Crippen LogP contribution in [-0.4, -0.2) is 79.5 Å². The van der Waals surface area contributed by atoms with Gasteiger partial charge in [0.25, 0.3) is 0 Å². The molecule has 0 spiro atoms. The molecule has 0 aromatic heterocycles. The normalized spacial score (nSPS) is 24.4. The van der Waals surface area contributed by atoms with Gasteiger partial charge in [-0.2, -0.15) is 0 Å². The first-order valence-electron chi connectivity index (χ1n) is 10.2. The second kappa shape index (κ2) is 13.6. The minimum atomic E-state index is -1.11. The van der Waals surface area contributed by atoms with Crippen molar-refractivity contribution in [1.29, 1.82) is 0 Å². The van der Waals surface area contributed by atoms with Crippen molar-refractivity contribution in [3.8, 4) is 0 Å². The van der Waals surface area contributed by atoms with Crippen molar-refractivity contribution in [1.82, 2.24) is 0 Å². The van der Waals surface area contributed by atoms with Gasteiger partial charge < -0.3 is 0 Å². The zero-order chi connectivity index (χ0) is 24.4. The Labute approximate surface area is 203 Å². The van der Waals surface area contributed by atoms with Gasteiger partial charge in [-0.25, -0.2) is 0 Å². The summed E-state index contributed by atoms with van der Waals surface area (Å²) in [6.07, 6.45) is -4.07. The summed E-state index contributed by atoms with van der Waals surface area (Å²) in [5, 5.41) is -0.610. The summed E-state index contributed by atoms with van der Waals surface area (Å²) in [5.41, 5.74) is 1.18. The third kappa shape index (κ3) is 9.37. The Balaban J connectivity index is 2.21. The second-order valence-corrected chi connectivity index (χ2v) is 11.3. The van der Waals surface area contributed by atoms with Gasteiger partial charge in [-0.15, -0.1) is 0 Å². The zero-order valence-electron chi connectivity index (χ0n) is 18.9. The molecule has 5 atom stereocenters. The Morgan fingerprint density at radius 1 is 0.848 bits per heavy atom. The van der Waals surface area contributed by atoms with E-state index in [1.54, 1.807) is 11.8 Å². The first kappa shape index (κ1) is 27.2. The van der Waals surface area contributed by atoms with Gasteiger partial charge in [0, 0.05) is 0 Å². The van der Waals surface area contributed by atoms with E-state index in [0.717, 1.165) is 10.4 Å². The Bertz CT molecular complexity index is 819. The van der Waals surface area contributed by atoms with E-state index in [2.05, 4.69) is 0 Å². The number of hydrogen-bond donors (Lipinski definition) is 0. The Morgan fingerprint density at radius 3 is 2.00 bits per heavy atom. The van der Waals surface area contributed by atoms with E-state index in [-0.39, 0.29) is 21.6 Å². The molecule has 1 aromatic carbocycles. The SMILES string of the molecule is CC(=O)OCC1OC([Se]CSCc2ccccc2)C(OC(C)=O)C(OC(C)=O)C1OC(C)=O. The fourth-order valence-electron chi connectivity index (χ4n) is 3.17. The first-order chi connectivity index (χ1) is 15.7. The third-order valence-corrected chi connectivity index (χ3v) is 8.61. The van der Waals surface area contributed by atoms with E-state index in [1.165, 1.54) is 33.3 Å². The summed E-state index contributed by atoms with van der Waals surface area (Å²) in [4.78, 5) is 46.8. The van der Waals surface area contributed by atoms with Crippen molar-refractivity contribution in [2.24, 2.45) is 0 Å². The molecule has 0 amide bonds. The molecular formula is C22H28O9SSe. The molecule has 0 radical (unpaired) electrons. The van der Waals surface area contributed by atoms with Gasteiger partial charge in [-0.1, -0.05) is 0 Å². The van der Waals surface area contributed by atoms with Crippen LogP contribution in [0.5, 0.6) is 0 Å². The predicted molar refractivity (Wildman–Crippen MR) is 120 cm³/mol. The van der Waals surface area contributed by atoms with Crippen LogP contribution in [0.2, 0.25) is 0 Å². The molecule has 9 nitrogen and oxygen atoms in total. The molecule has 5 unspecified atom stereocenters. The van der Waals surface area contributed by atoms with Gasteiger partial charge in [0.15, 0.2) is 0 Å². The molecule has 11 heteroatoms. The van der Waals surface area contributed by atoms with Crippen LogP contribution in [0.3, 0.4) is 0 Å². The summed E-state index contributed by atoms with van der Waals surface area (Å²) in [6.45, 7) is 4.69. The van der Waals surface area contributed by atoms with Crippen molar-refractivity contribution < 1.29 is 42.9 Å². The second-order valence-electron chi connectivity index (χ2n) is 7.19. The van der Waals surface area contributed by atoms with Crippen LogP contribution in [-0.2, 0) is 48.6 Å². The molecule has 2 rings (SSSR count). The van der Waals surface area contributed by atoms with Crippen molar-refractivity contribution in [3.63, 3.8) is 0 Å². The fraction of sp³-hybridized carbons (Fsp3) is 0.545. The standard InChI is InChI=1S/C22H28O9SSe/c1-13(23)27-10-18-19(28-14(2)24)20(29-15(3)25)21(30-16(4)26)22(31-18)33-12-32-11-17-8-6-5-7-9-17/h5-9,18-22H,10-12H2,1-4H3. The average molecular weight is 547 g/mol. The van der Waals surface area contributed by atoms with Crippen LogP contribution >= 0.6 is 11.8 Å². The molecule has 1 aliphatic heterocycles. The summed E-state index contributed by atoms with van der Waals surface area (Å²) in [6, 6.07) is 9.97. The van der Waals surface area contributed by atoms with Crippen molar-refractivity contribution >= 4 is 50.6 Å². The molecule has 33 heavy (non-hydrogen) atoms. The molecule has 1 aromatic rings. The van der Waals surface area contributed by atoms with E-state index < -0.39 is 53.3 Å². The Kier molecular flexibility index (Phi) is 11.2. The average Bonchev–Trinajstić information content (AvgIpc) is 2.73. The van der Waals surface area contributed by atoms with Gasteiger partial charge in [-0.3, -0.25) is 0 Å². The van der Waals surface area contributed by atoms with E-state index in [1.807, 2.05) is 30.3 Å². The van der Waals surface area contributed by atoms with Crippen molar-refractivity contribution in [2.75, 3.05) is 11.3 Å². The Hall–Kier alpha value is -2.07. The van der Waals surface area contributed by atoms with Crippen LogP contribution in [0.4, 0.5) is 0 Å². The summed E-state index contributed by atoms with van der Waals surface area (Å²) >= 11 is 1.48. The van der Waals surface area contributed by atoms with Crippen LogP contribution in [0.25, 0.3) is 0 Å². The van der Waals surface area contributed by atoms with E-state index in [9.17, 15) is 19.2 Å². The fourth-order valence-corrected chi connectivity index (χ4v) is 7.19. The first-order valence-corrected chi connectivity index (χ1v) is 13.6. The number of carbonyl (C=O) groups excluding carboxylic acids is 4. The predicted octanol–water partition coefficient (Wildman–Crippen LogP) is 1.66. The molecule has 1 heterocycles. The topological polar surface area (TPSA) is 114 Å². The van der Waals surface area contributed by atoms with Gasteiger partial charge in [0.05, 0.1) is 0 Å². The molecule has 0 bridgehead atoms.